The van der Waals surface area contributed by atoms with Gasteiger partial charge in [0.15, 0.2) is 23.0 Å². The van der Waals surface area contributed by atoms with Gasteiger partial charge in [-0.3, -0.25) is 9.59 Å². The van der Waals surface area contributed by atoms with Crippen LogP contribution in [0.2, 0.25) is 0 Å². The normalized spacial score (nSPS) is 13.2. The molecule has 0 radical (unpaired) electrons. The monoisotopic (exact) mass is 412 g/mol. The molecule has 2 aromatic carbocycles. The number of benzene rings is 2. The number of carbonyl (C=O) groups is 2. The fraction of sp³-hybridized carbons (Fsp3) is 0.364. The van der Waals surface area contributed by atoms with Crippen LogP contribution in [0.25, 0.3) is 0 Å². The van der Waals surface area contributed by atoms with Crippen molar-refractivity contribution < 1.29 is 28.5 Å². The van der Waals surface area contributed by atoms with Crippen molar-refractivity contribution in [2.24, 2.45) is 0 Å². The van der Waals surface area contributed by atoms with Gasteiger partial charge in [-0.25, -0.2) is 0 Å². The van der Waals surface area contributed by atoms with Gasteiger partial charge in [0.1, 0.15) is 0 Å². The molecule has 2 N–H and O–H groups in total. The summed E-state index contributed by atoms with van der Waals surface area (Å²) in [6.07, 6.45) is 2.09. The third kappa shape index (κ3) is 5.14. The molecule has 0 unspecified atom stereocenters. The van der Waals surface area contributed by atoms with Crippen LogP contribution >= 0.6 is 0 Å². The molecule has 0 aromatic heterocycles. The fourth-order valence-electron chi connectivity index (χ4n) is 3.25. The van der Waals surface area contributed by atoms with E-state index in [0.717, 1.165) is 22.6 Å². The van der Waals surface area contributed by atoms with E-state index >= 15 is 0 Å². The van der Waals surface area contributed by atoms with Crippen molar-refractivity contribution in [2.45, 2.75) is 38.8 Å². The van der Waals surface area contributed by atoms with Crippen molar-refractivity contribution >= 4 is 11.8 Å². The molecule has 158 valence electrons. The lowest BCUT2D eigenvalue weighted by Crippen LogP contribution is -2.23. The molecule has 2 aromatic rings. The number of unbranched alkanes of at least 4 members (excludes halogenated alkanes) is 1. The van der Waals surface area contributed by atoms with Crippen LogP contribution in [0, 0.1) is 0 Å². The molecule has 2 aliphatic heterocycles. The van der Waals surface area contributed by atoms with E-state index in [2.05, 4.69) is 10.6 Å². The third-order valence-corrected chi connectivity index (χ3v) is 4.91. The van der Waals surface area contributed by atoms with Gasteiger partial charge in [0.2, 0.25) is 25.4 Å². The van der Waals surface area contributed by atoms with Gasteiger partial charge in [-0.05, 0) is 48.2 Å². The van der Waals surface area contributed by atoms with Gasteiger partial charge in [-0.2, -0.15) is 0 Å². The summed E-state index contributed by atoms with van der Waals surface area (Å²) in [5, 5.41) is 5.77. The van der Waals surface area contributed by atoms with Gasteiger partial charge in [0.05, 0.1) is 0 Å². The molecule has 30 heavy (non-hydrogen) atoms. The first kappa shape index (κ1) is 19.9. The topological polar surface area (TPSA) is 95.1 Å². The van der Waals surface area contributed by atoms with E-state index in [1.165, 1.54) is 0 Å². The number of hydrogen-bond acceptors (Lipinski definition) is 6. The lowest BCUT2D eigenvalue weighted by Gasteiger charge is -2.07. The molecule has 2 amide bonds. The first-order valence-corrected chi connectivity index (χ1v) is 9.98. The summed E-state index contributed by atoms with van der Waals surface area (Å²) in [5.41, 5.74) is 1.91. The Morgan fingerprint density at radius 1 is 0.667 bits per heavy atom. The highest BCUT2D eigenvalue weighted by Gasteiger charge is 2.14. The van der Waals surface area contributed by atoms with Crippen molar-refractivity contribution in [1.29, 1.82) is 0 Å². The first-order chi connectivity index (χ1) is 14.7. The smallest absolute Gasteiger partial charge is 0.231 e. The number of fused-ring (bicyclic) bond motifs is 2. The molecule has 0 saturated heterocycles. The quantitative estimate of drug-likeness (QED) is 0.615. The van der Waals surface area contributed by atoms with E-state index in [0.29, 0.717) is 50.3 Å². The number of carbonyl (C=O) groups excluding carboxylic acids is 2. The molecule has 0 atom stereocenters. The molecule has 0 bridgehead atoms. The van der Waals surface area contributed by atoms with Gasteiger partial charge in [0.25, 0.3) is 0 Å². The molecular formula is C22H24N2O6. The molecule has 0 aliphatic carbocycles. The minimum atomic E-state index is -0.0339. The third-order valence-electron chi connectivity index (χ3n) is 4.91. The van der Waals surface area contributed by atoms with Gasteiger partial charge in [0, 0.05) is 25.9 Å². The number of hydrogen-bond donors (Lipinski definition) is 2. The van der Waals surface area contributed by atoms with E-state index in [-0.39, 0.29) is 25.4 Å². The van der Waals surface area contributed by atoms with Crippen LogP contribution in [0.4, 0.5) is 0 Å². The average Bonchev–Trinajstić information content (AvgIpc) is 3.42. The Morgan fingerprint density at radius 3 is 1.57 bits per heavy atom. The highest BCUT2D eigenvalue weighted by atomic mass is 16.7. The van der Waals surface area contributed by atoms with Crippen LogP contribution in [0.5, 0.6) is 23.0 Å². The summed E-state index contributed by atoms with van der Waals surface area (Å²) in [4.78, 5) is 24.0. The molecule has 2 aliphatic rings. The Morgan fingerprint density at radius 2 is 1.10 bits per heavy atom. The van der Waals surface area contributed by atoms with Gasteiger partial charge in [-0.15, -0.1) is 0 Å². The van der Waals surface area contributed by atoms with Gasteiger partial charge in [-0.1, -0.05) is 12.1 Å². The number of nitrogens with one attached hydrogen (secondary N) is 2. The Hall–Kier alpha value is -3.42. The second-order valence-corrected chi connectivity index (χ2v) is 7.14. The van der Waals surface area contributed by atoms with E-state index in [9.17, 15) is 9.59 Å². The van der Waals surface area contributed by atoms with E-state index < -0.39 is 0 Å². The predicted molar refractivity (Wildman–Crippen MR) is 107 cm³/mol. The Kier molecular flexibility index (Phi) is 6.22. The zero-order valence-corrected chi connectivity index (χ0v) is 16.6. The lowest BCUT2D eigenvalue weighted by molar-refractivity contribution is -0.123. The Bertz CT molecular complexity index is 854. The second-order valence-electron chi connectivity index (χ2n) is 7.14. The van der Waals surface area contributed by atoms with Crippen molar-refractivity contribution in [3.63, 3.8) is 0 Å². The summed E-state index contributed by atoms with van der Waals surface area (Å²) >= 11 is 0. The maximum absolute atomic E-state index is 12.0. The summed E-state index contributed by atoms with van der Waals surface area (Å²) in [6.45, 7) is 1.34. The van der Waals surface area contributed by atoms with Crippen LogP contribution < -0.4 is 29.6 Å². The lowest BCUT2D eigenvalue weighted by atomic mass is 10.1. The summed E-state index contributed by atoms with van der Waals surface area (Å²) < 4.78 is 21.2. The highest BCUT2D eigenvalue weighted by Crippen LogP contribution is 2.33. The van der Waals surface area contributed by atoms with Gasteiger partial charge >= 0.3 is 0 Å². The Labute approximate surface area is 174 Å². The molecule has 8 nitrogen and oxygen atoms in total. The van der Waals surface area contributed by atoms with Crippen molar-refractivity contribution in [3.8, 4) is 23.0 Å². The molecule has 4 rings (SSSR count). The number of rotatable bonds is 9. The maximum atomic E-state index is 12.0. The van der Waals surface area contributed by atoms with Crippen LogP contribution in [0.15, 0.2) is 36.4 Å². The molecule has 2 heterocycles. The summed E-state index contributed by atoms with van der Waals surface area (Å²) in [5.74, 6) is 2.78. The van der Waals surface area contributed by atoms with E-state index in [1.54, 1.807) is 0 Å². The Balaban J connectivity index is 1.09. The van der Waals surface area contributed by atoms with Crippen LogP contribution in [-0.2, 0) is 22.7 Å². The van der Waals surface area contributed by atoms with E-state index in [1.807, 2.05) is 36.4 Å². The molecular weight excluding hydrogens is 388 g/mol. The maximum Gasteiger partial charge on any atom is 0.231 e. The fourth-order valence-corrected chi connectivity index (χ4v) is 3.25. The van der Waals surface area contributed by atoms with Crippen LogP contribution in [0.1, 0.15) is 36.8 Å². The SMILES string of the molecule is O=C(CCCCC(=O)NCc1ccc2c(c1)OCO2)NCc1ccc2c(c1)OCO2. The minimum Gasteiger partial charge on any atom is -0.454 e. The molecule has 0 fully saturated rings. The highest BCUT2D eigenvalue weighted by molar-refractivity contribution is 5.77. The zero-order chi connectivity index (χ0) is 20.8. The van der Waals surface area contributed by atoms with Crippen LogP contribution in [0.3, 0.4) is 0 Å². The molecule has 0 saturated carbocycles. The summed E-state index contributed by atoms with van der Waals surface area (Å²) in [6, 6.07) is 11.2. The molecule has 0 spiro atoms. The van der Waals surface area contributed by atoms with E-state index in [4.69, 9.17) is 18.9 Å². The van der Waals surface area contributed by atoms with Gasteiger partial charge < -0.3 is 29.6 Å². The zero-order valence-electron chi connectivity index (χ0n) is 16.6. The van der Waals surface area contributed by atoms with Crippen molar-refractivity contribution in [3.05, 3.63) is 47.5 Å². The standard InChI is InChI=1S/C22H24N2O6/c25-21(23-11-15-5-7-17-19(9-15)29-13-27-17)3-1-2-4-22(26)24-12-16-6-8-18-20(10-16)30-14-28-18/h5-10H,1-4,11-14H2,(H,23,25)(H,24,26). The summed E-state index contributed by atoms with van der Waals surface area (Å²) in [7, 11) is 0. The largest absolute Gasteiger partial charge is 0.454 e. The van der Waals surface area contributed by atoms with Crippen molar-refractivity contribution in [2.75, 3.05) is 13.6 Å². The predicted octanol–water partition coefficient (Wildman–Crippen LogP) is 2.64. The van der Waals surface area contributed by atoms with Crippen LogP contribution in [-0.4, -0.2) is 25.4 Å². The first-order valence-electron chi connectivity index (χ1n) is 9.98. The number of amides is 2. The second kappa shape index (κ2) is 9.39. The van der Waals surface area contributed by atoms with Crippen molar-refractivity contribution in [1.82, 2.24) is 10.6 Å². The molecule has 8 heteroatoms. The number of ether oxygens (including phenoxy) is 4. The minimum absolute atomic E-state index is 0.0339. The average molecular weight is 412 g/mol.